The Morgan fingerprint density at radius 2 is 1.86 bits per heavy atom. The monoisotopic (exact) mass is 561 g/mol. The minimum Gasteiger partial charge on any atom is -0.465 e. The molecule has 3 aromatic heterocycles. The first kappa shape index (κ1) is 27.1. The number of thiophene rings is 2. The molecule has 0 saturated heterocycles. The van der Waals surface area contributed by atoms with Gasteiger partial charge in [-0.1, -0.05) is 24.3 Å². The number of aryl methyl sites for hydroxylation is 2. The predicted molar refractivity (Wildman–Crippen MR) is 146 cm³/mol. The summed E-state index contributed by atoms with van der Waals surface area (Å²) >= 11 is 3.64. The quantitative estimate of drug-likeness (QED) is 0.140. The van der Waals surface area contributed by atoms with Gasteiger partial charge in [-0.25, -0.2) is 14.6 Å². The molecule has 37 heavy (non-hydrogen) atoms. The van der Waals surface area contributed by atoms with Gasteiger partial charge in [0.05, 0.1) is 30.9 Å². The largest absolute Gasteiger partial charge is 0.465 e. The number of allylic oxidation sites excluding steroid dienone is 1. The number of thioether (sulfide) groups is 1. The molecule has 1 aliphatic rings. The van der Waals surface area contributed by atoms with E-state index in [2.05, 4.69) is 11.9 Å². The van der Waals surface area contributed by atoms with Crippen molar-refractivity contribution in [3.8, 4) is 0 Å². The average Bonchev–Trinajstić information content (AvgIpc) is 3.30. The molecule has 0 saturated carbocycles. The Balaban J connectivity index is 1.61. The van der Waals surface area contributed by atoms with Crippen molar-refractivity contribution in [1.29, 1.82) is 0 Å². The van der Waals surface area contributed by atoms with E-state index in [4.69, 9.17) is 14.5 Å². The van der Waals surface area contributed by atoms with Crippen molar-refractivity contribution < 1.29 is 23.9 Å². The first-order valence-corrected chi connectivity index (χ1v) is 14.3. The van der Waals surface area contributed by atoms with Gasteiger partial charge in [0.2, 0.25) is 5.91 Å². The lowest BCUT2D eigenvalue weighted by atomic mass is 10.1. The third-order valence-corrected chi connectivity index (χ3v) is 9.44. The molecular weight excluding hydrogens is 534 g/mol. The van der Waals surface area contributed by atoms with Gasteiger partial charge >= 0.3 is 11.9 Å². The highest BCUT2D eigenvalue weighted by atomic mass is 32.2. The molecular formula is C25H27N3O6S3. The molecule has 0 bridgehead atoms. The lowest BCUT2D eigenvalue weighted by molar-refractivity contribution is -0.113. The Bertz CT molecular complexity index is 1450. The lowest BCUT2D eigenvalue weighted by Gasteiger charge is -2.11. The van der Waals surface area contributed by atoms with Crippen molar-refractivity contribution in [3.05, 3.63) is 49.5 Å². The second kappa shape index (κ2) is 11.6. The summed E-state index contributed by atoms with van der Waals surface area (Å²) in [6.07, 6.45) is 6.79. The zero-order valence-electron chi connectivity index (χ0n) is 20.8. The Hall–Kier alpha value is -2.96. The van der Waals surface area contributed by atoms with E-state index in [1.165, 1.54) is 19.1 Å². The summed E-state index contributed by atoms with van der Waals surface area (Å²) in [7, 11) is 2.47. The van der Waals surface area contributed by atoms with Crippen molar-refractivity contribution in [3.63, 3.8) is 0 Å². The normalized spacial score (nSPS) is 13.1. The minimum atomic E-state index is -0.670. The van der Waals surface area contributed by atoms with Crippen LogP contribution in [0.2, 0.25) is 0 Å². The molecule has 0 aromatic carbocycles. The molecule has 3 heterocycles. The van der Waals surface area contributed by atoms with Crippen LogP contribution in [-0.4, -0.2) is 47.4 Å². The van der Waals surface area contributed by atoms with Crippen LogP contribution in [-0.2, 0) is 33.7 Å². The summed E-state index contributed by atoms with van der Waals surface area (Å²) in [4.78, 5) is 57.7. The SMILES string of the molecule is C=CCn1c(SCC(=O)Nc2sc(C(=O)OC)c(C)c2C(=O)OC)nc2sc3c(c2c1=O)CCCCC3. The van der Waals surface area contributed by atoms with E-state index in [1.807, 2.05) is 0 Å². The summed E-state index contributed by atoms with van der Waals surface area (Å²) < 4.78 is 11.2. The number of aromatic nitrogens is 2. The molecule has 0 aliphatic heterocycles. The van der Waals surface area contributed by atoms with Gasteiger partial charge in [0.25, 0.3) is 5.56 Å². The van der Waals surface area contributed by atoms with Crippen molar-refractivity contribution in [2.45, 2.75) is 50.7 Å². The number of anilines is 1. The van der Waals surface area contributed by atoms with Crippen LogP contribution in [0.3, 0.4) is 0 Å². The van der Waals surface area contributed by atoms with E-state index in [1.54, 1.807) is 28.9 Å². The molecule has 0 radical (unpaired) electrons. The molecule has 1 amide bonds. The van der Waals surface area contributed by atoms with Gasteiger partial charge in [0, 0.05) is 11.4 Å². The van der Waals surface area contributed by atoms with E-state index in [0.717, 1.165) is 60.8 Å². The molecule has 0 unspecified atom stereocenters. The van der Waals surface area contributed by atoms with Gasteiger partial charge in [-0.3, -0.25) is 14.2 Å². The first-order valence-electron chi connectivity index (χ1n) is 11.7. The Morgan fingerprint density at radius 1 is 1.14 bits per heavy atom. The zero-order chi connectivity index (χ0) is 26.7. The zero-order valence-corrected chi connectivity index (χ0v) is 23.3. The van der Waals surface area contributed by atoms with Crippen LogP contribution in [0.1, 0.15) is 55.3 Å². The third-order valence-electron chi connectivity index (χ3n) is 6.09. The molecule has 3 aromatic rings. The van der Waals surface area contributed by atoms with Gasteiger partial charge in [0.1, 0.15) is 14.7 Å². The van der Waals surface area contributed by atoms with Crippen molar-refractivity contribution >= 4 is 67.5 Å². The number of fused-ring (bicyclic) bond motifs is 3. The Morgan fingerprint density at radius 3 is 2.57 bits per heavy atom. The number of hydrogen-bond acceptors (Lipinski definition) is 10. The topological polar surface area (TPSA) is 117 Å². The van der Waals surface area contributed by atoms with Crippen LogP contribution in [0.4, 0.5) is 5.00 Å². The third kappa shape index (κ3) is 5.36. The summed E-state index contributed by atoms with van der Waals surface area (Å²) in [6.45, 7) is 5.64. The second-order valence-electron chi connectivity index (χ2n) is 8.42. The fraction of sp³-hybridized carbons (Fsp3) is 0.400. The van der Waals surface area contributed by atoms with Crippen LogP contribution < -0.4 is 10.9 Å². The van der Waals surface area contributed by atoms with Crippen LogP contribution in [0.25, 0.3) is 10.2 Å². The average molecular weight is 562 g/mol. The lowest BCUT2D eigenvalue weighted by Crippen LogP contribution is -2.24. The van der Waals surface area contributed by atoms with Crippen LogP contribution in [0.5, 0.6) is 0 Å². The van der Waals surface area contributed by atoms with E-state index >= 15 is 0 Å². The van der Waals surface area contributed by atoms with Gasteiger partial charge in [-0.15, -0.1) is 29.3 Å². The summed E-state index contributed by atoms with van der Waals surface area (Å²) in [5.74, 6) is -1.76. The molecule has 1 aliphatic carbocycles. The highest BCUT2D eigenvalue weighted by molar-refractivity contribution is 7.99. The molecule has 196 valence electrons. The van der Waals surface area contributed by atoms with E-state index in [-0.39, 0.29) is 33.3 Å². The van der Waals surface area contributed by atoms with Crippen LogP contribution >= 0.6 is 34.4 Å². The Kier molecular flexibility index (Phi) is 8.50. The maximum absolute atomic E-state index is 13.5. The number of rotatable bonds is 8. The van der Waals surface area contributed by atoms with Gasteiger partial charge in [-0.05, 0) is 43.7 Å². The number of nitrogens with one attached hydrogen (secondary N) is 1. The van der Waals surface area contributed by atoms with Crippen molar-refractivity contribution in [1.82, 2.24) is 9.55 Å². The number of ether oxygens (including phenoxy) is 2. The highest BCUT2D eigenvalue weighted by Crippen LogP contribution is 2.36. The molecule has 4 rings (SSSR count). The fourth-order valence-electron chi connectivity index (χ4n) is 4.33. The minimum absolute atomic E-state index is 0.0642. The molecule has 0 fully saturated rings. The number of carbonyl (C=O) groups excluding carboxylic acids is 3. The number of esters is 2. The Labute approximate surface area is 225 Å². The fourth-order valence-corrected chi connectivity index (χ4v) is 7.57. The van der Waals surface area contributed by atoms with E-state index in [0.29, 0.717) is 20.9 Å². The number of hydrogen-bond donors (Lipinski definition) is 1. The maximum Gasteiger partial charge on any atom is 0.348 e. The molecule has 12 heteroatoms. The van der Waals surface area contributed by atoms with Gasteiger partial charge < -0.3 is 14.8 Å². The van der Waals surface area contributed by atoms with E-state index < -0.39 is 17.8 Å². The maximum atomic E-state index is 13.5. The smallest absolute Gasteiger partial charge is 0.348 e. The molecule has 9 nitrogen and oxygen atoms in total. The molecule has 1 N–H and O–H groups in total. The second-order valence-corrected chi connectivity index (χ2v) is 11.5. The summed E-state index contributed by atoms with van der Waals surface area (Å²) in [5.41, 5.74) is 1.48. The van der Waals surface area contributed by atoms with Crippen molar-refractivity contribution in [2.75, 3.05) is 25.3 Å². The molecule has 0 atom stereocenters. The van der Waals surface area contributed by atoms with Crippen LogP contribution in [0.15, 0.2) is 22.6 Å². The summed E-state index contributed by atoms with van der Waals surface area (Å²) in [5, 5.41) is 4.01. The predicted octanol–water partition coefficient (Wildman–Crippen LogP) is 4.59. The highest BCUT2D eigenvalue weighted by Gasteiger charge is 2.27. The van der Waals surface area contributed by atoms with Gasteiger partial charge in [-0.2, -0.15) is 0 Å². The standard InChI is InChI=1S/C25H27N3O6S3/c1-5-11-28-22(30)18-14-9-7-6-8-10-15(14)36-21(18)27-25(28)35-12-16(29)26-20-17(23(31)33-3)13(2)19(37-20)24(32)34-4/h5H,1,6-12H2,2-4H3,(H,26,29). The number of nitrogens with zero attached hydrogens (tertiary/aromatic N) is 2. The number of carbonyl (C=O) groups is 3. The number of methoxy groups -OCH3 is 2. The first-order chi connectivity index (χ1) is 17.8. The molecule has 0 spiro atoms. The van der Waals surface area contributed by atoms with Crippen molar-refractivity contribution in [2.24, 2.45) is 0 Å². The van der Waals surface area contributed by atoms with E-state index in [9.17, 15) is 19.2 Å². The van der Waals surface area contributed by atoms with Crippen LogP contribution in [0, 0.1) is 6.92 Å². The van der Waals surface area contributed by atoms with Gasteiger partial charge in [0.15, 0.2) is 5.16 Å². The number of amides is 1. The summed E-state index contributed by atoms with van der Waals surface area (Å²) in [6, 6.07) is 0.